The molecule has 0 atom stereocenters. The van der Waals surface area contributed by atoms with Crippen molar-refractivity contribution in [2.24, 2.45) is 0 Å². The van der Waals surface area contributed by atoms with Crippen LogP contribution in [0.3, 0.4) is 0 Å². The Hall–Kier alpha value is -3.88. The molecule has 0 spiro atoms. The molecule has 9 heteroatoms. The summed E-state index contributed by atoms with van der Waals surface area (Å²) in [7, 11) is 1.87. The molecule has 2 aliphatic rings. The van der Waals surface area contributed by atoms with E-state index in [1.54, 1.807) is 18.3 Å². The van der Waals surface area contributed by atoms with Crippen LogP contribution in [-0.2, 0) is 13.0 Å². The highest BCUT2D eigenvalue weighted by Gasteiger charge is 2.24. The van der Waals surface area contributed by atoms with Gasteiger partial charge in [-0.1, -0.05) is 5.16 Å². The van der Waals surface area contributed by atoms with Crippen molar-refractivity contribution in [3.05, 3.63) is 70.9 Å². The summed E-state index contributed by atoms with van der Waals surface area (Å²) in [5.74, 6) is 1.18. The number of nitrogens with two attached hydrogens (primary N) is 1. The van der Waals surface area contributed by atoms with E-state index in [4.69, 9.17) is 15.7 Å². The summed E-state index contributed by atoms with van der Waals surface area (Å²) in [5.41, 5.74) is 9.40. The van der Waals surface area contributed by atoms with Gasteiger partial charge in [-0.15, -0.1) is 0 Å². The number of fused-ring (bicyclic) bond motifs is 1. The molecule has 0 unspecified atom stereocenters. The fourth-order valence-electron chi connectivity index (χ4n) is 3.72. The molecule has 0 radical (unpaired) electrons. The number of aromatic nitrogens is 3. The first-order valence-electron chi connectivity index (χ1n) is 9.46. The van der Waals surface area contributed by atoms with Crippen LogP contribution in [0.25, 0.3) is 5.57 Å². The molecule has 3 aromatic rings. The molecule has 30 heavy (non-hydrogen) atoms. The zero-order valence-corrected chi connectivity index (χ0v) is 16.3. The van der Waals surface area contributed by atoms with Gasteiger partial charge in [0.2, 0.25) is 0 Å². The number of halogens is 1. The first-order valence-corrected chi connectivity index (χ1v) is 9.46. The van der Waals surface area contributed by atoms with Crippen molar-refractivity contribution in [3.8, 4) is 0 Å². The SMILES string of the molecule is C[N+]1=CC(c2cc(C(=N)c3cc(N4CCc5oncc5C4)ncn3)c(N)cc2F)=C1. The summed E-state index contributed by atoms with van der Waals surface area (Å²) < 4.78 is 21.5. The van der Waals surface area contributed by atoms with Crippen LogP contribution in [0.1, 0.15) is 28.1 Å². The smallest absolute Gasteiger partial charge is 0.182 e. The van der Waals surface area contributed by atoms with Gasteiger partial charge in [0, 0.05) is 48.0 Å². The molecule has 0 saturated heterocycles. The highest BCUT2D eigenvalue weighted by Crippen LogP contribution is 2.28. The Labute approximate surface area is 171 Å². The lowest BCUT2D eigenvalue weighted by Gasteiger charge is -2.26. The summed E-state index contributed by atoms with van der Waals surface area (Å²) >= 11 is 0. The van der Waals surface area contributed by atoms with Crippen molar-refractivity contribution in [1.29, 1.82) is 5.41 Å². The lowest BCUT2D eigenvalue weighted by Crippen LogP contribution is -2.30. The molecule has 5 rings (SSSR count). The summed E-state index contributed by atoms with van der Waals surface area (Å²) in [4.78, 5) is 10.7. The van der Waals surface area contributed by atoms with Gasteiger partial charge in [-0.05, 0) is 12.1 Å². The van der Waals surface area contributed by atoms with E-state index >= 15 is 0 Å². The number of allylic oxidation sites excluding steroid dienone is 1. The first kappa shape index (κ1) is 18.2. The zero-order valence-electron chi connectivity index (χ0n) is 16.3. The van der Waals surface area contributed by atoms with Crippen molar-refractivity contribution < 1.29 is 13.5 Å². The van der Waals surface area contributed by atoms with Gasteiger partial charge in [-0.3, -0.25) is 5.41 Å². The van der Waals surface area contributed by atoms with Gasteiger partial charge in [-0.25, -0.2) is 18.9 Å². The fourth-order valence-corrected chi connectivity index (χ4v) is 3.72. The highest BCUT2D eigenvalue weighted by atomic mass is 19.1. The molecule has 0 amide bonds. The van der Waals surface area contributed by atoms with E-state index in [2.05, 4.69) is 20.0 Å². The van der Waals surface area contributed by atoms with Crippen molar-refractivity contribution in [2.45, 2.75) is 13.0 Å². The Morgan fingerprint density at radius 3 is 2.93 bits per heavy atom. The Bertz CT molecular complexity index is 1240. The molecule has 2 aliphatic heterocycles. The van der Waals surface area contributed by atoms with Gasteiger partial charge in [0.25, 0.3) is 0 Å². The molecule has 3 N–H and O–H groups in total. The standard InChI is InChI=1S/C21H19FN7O/c1-28-8-13(9-28)14-4-15(17(23)5-16(14)22)21(24)18-6-20(26-11-25-18)29-3-2-19-12(10-29)7-27-30-19/h4-9,11,24H,2-3,10,23H2,1H3/q+1. The minimum Gasteiger partial charge on any atom is -0.398 e. The van der Waals surface area contributed by atoms with Gasteiger partial charge >= 0.3 is 0 Å². The summed E-state index contributed by atoms with van der Waals surface area (Å²) in [6, 6.07) is 4.62. The fraction of sp³-hybridized carbons (Fsp3) is 0.190. The number of anilines is 2. The molecule has 0 saturated carbocycles. The Morgan fingerprint density at radius 1 is 1.30 bits per heavy atom. The molecular formula is C21H19FN7O+. The van der Waals surface area contributed by atoms with E-state index in [-0.39, 0.29) is 11.4 Å². The maximum atomic E-state index is 14.4. The molecule has 1 aromatic carbocycles. The molecule has 150 valence electrons. The molecule has 8 nitrogen and oxygen atoms in total. The minimum atomic E-state index is -0.416. The van der Waals surface area contributed by atoms with Crippen LogP contribution in [0.5, 0.6) is 0 Å². The van der Waals surface area contributed by atoms with Crippen LogP contribution < -0.4 is 10.6 Å². The molecule has 0 fully saturated rings. The third kappa shape index (κ3) is 3.04. The molecule has 2 aromatic heterocycles. The largest absolute Gasteiger partial charge is 0.398 e. The molecular weight excluding hydrogens is 385 g/mol. The number of hydrogen-bond acceptors (Lipinski definition) is 7. The first-order chi connectivity index (χ1) is 14.5. The number of nitrogens with zero attached hydrogens (tertiary/aromatic N) is 5. The van der Waals surface area contributed by atoms with Gasteiger partial charge in [-0.2, -0.15) is 0 Å². The van der Waals surface area contributed by atoms with Crippen molar-refractivity contribution in [2.75, 3.05) is 24.2 Å². The Kier molecular flexibility index (Phi) is 4.16. The van der Waals surface area contributed by atoms with Crippen molar-refractivity contribution in [3.63, 3.8) is 0 Å². The second-order valence-electron chi connectivity index (χ2n) is 7.38. The van der Waals surface area contributed by atoms with E-state index < -0.39 is 5.82 Å². The monoisotopic (exact) mass is 404 g/mol. The normalized spacial score (nSPS) is 15.2. The van der Waals surface area contributed by atoms with E-state index in [9.17, 15) is 4.39 Å². The number of benzene rings is 1. The number of nitrogens with one attached hydrogen (secondary N) is 1. The lowest BCUT2D eigenvalue weighted by atomic mass is 9.97. The predicted octanol–water partition coefficient (Wildman–Crippen LogP) is 2.23. The minimum absolute atomic E-state index is 0.119. The predicted molar refractivity (Wildman–Crippen MR) is 110 cm³/mol. The topological polar surface area (TPSA) is 108 Å². The average molecular weight is 404 g/mol. The molecule has 0 bridgehead atoms. The number of rotatable bonds is 4. The van der Waals surface area contributed by atoms with E-state index in [0.29, 0.717) is 29.2 Å². The third-order valence-electron chi connectivity index (χ3n) is 5.34. The third-order valence-corrected chi connectivity index (χ3v) is 5.34. The highest BCUT2D eigenvalue weighted by molar-refractivity contribution is 6.15. The van der Waals surface area contributed by atoms with Gasteiger partial charge in [0.15, 0.2) is 12.4 Å². The quantitative estimate of drug-likeness (QED) is 0.392. The molecule has 4 heterocycles. The Morgan fingerprint density at radius 2 is 2.13 bits per heavy atom. The zero-order chi connectivity index (χ0) is 20.8. The van der Waals surface area contributed by atoms with E-state index in [1.807, 2.05) is 24.0 Å². The van der Waals surface area contributed by atoms with Gasteiger partial charge in [0.1, 0.15) is 36.3 Å². The average Bonchev–Trinajstić information content (AvgIpc) is 3.19. The molecule has 0 aliphatic carbocycles. The number of hydrogen-bond donors (Lipinski definition) is 2. The second kappa shape index (κ2) is 6.87. The van der Waals surface area contributed by atoms with Gasteiger partial charge in [0.05, 0.1) is 17.6 Å². The second-order valence-corrected chi connectivity index (χ2v) is 7.38. The van der Waals surface area contributed by atoms with Crippen LogP contribution in [0.15, 0.2) is 41.4 Å². The van der Waals surface area contributed by atoms with Crippen LogP contribution >= 0.6 is 0 Å². The maximum Gasteiger partial charge on any atom is 0.182 e. The van der Waals surface area contributed by atoms with Crippen molar-refractivity contribution >= 4 is 29.0 Å². The maximum absolute atomic E-state index is 14.4. The number of nitrogen functional groups attached to an aromatic ring is 1. The van der Waals surface area contributed by atoms with E-state index in [1.165, 1.54) is 12.4 Å². The van der Waals surface area contributed by atoms with Crippen molar-refractivity contribution in [1.82, 2.24) is 15.1 Å². The van der Waals surface area contributed by atoms with Crippen LogP contribution in [0.4, 0.5) is 15.9 Å². The van der Waals surface area contributed by atoms with Crippen LogP contribution in [-0.4, -0.2) is 45.2 Å². The van der Waals surface area contributed by atoms with Crippen LogP contribution in [0.2, 0.25) is 0 Å². The van der Waals surface area contributed by atoms with Gasteiger partial charge < -0.3 is 15.2 Å². The van der Waals surface area contributed by atoms with Crippen LogP contribution in [0, 0.1) is 11.2 Å². The van der Waals surface area contributed by atoms with E-state index in [0.717, 1.165) is 29.9 Å². The summed E-state index contributed by atoms with van der Waals surface area (Å²) in [6.07, 6.45) is 7.52. The summed E-state index contributed by atoms with van der Waals surface area (Å²) in [6.45, 7) is 1.36. The Balaban J connectivity index is 1.46. The lowest BCUT2D eigenvalue weighted by molar-refractivity contribution is -0.423. The summed E-state index contributed by atoms with van der Waals surface area (Å²) in [5, 5.41) is 12.5.